The molecule has 2 aromatic rings. The van der Waals surface area contributed by atoms with Gasteiger partial charge in [0.2, 0.25) is 11.8 Å². The number of anilines is 1. The molecule has 0 spiro atoms. The van der Waals surface area contributed by atoms with Gasteiger partial charge in [-0.15, -0.1) is 12.4 Å². The predicted molar refractivity (Wildman–Crippen MR) is 135 cm³/mol. The van der Waals surface area contributed by atoms with Gasteiger partial charge in [-0.1, -0.05) is 36.4 Å². The highest BCUT2D eigenvalue weighted by Gasteiger charge is 2.30. The van der Waals surface area contributed by atoms with Crippen molar-refractivity contribution >= 4 is 36.0 Å². The monoisotopic (exact) mass is 500 g/mol. The highest BCUT2D eigenvalue weighted by molar-refractivity contribution is 5.85. The first-order valence-electron chi connectivity index (χ1n) is 12.1. The number of carboxylic acid groups (broad SMARTS) is 1. The van der Waals surface area contributed by atoms with E-state index in [1.54, 1.807) is 4.90 Å². The molecule has 0 aliphatic carbocycles. The van der Waals surface area contributed by atoms with E-state index in [4.69, 9.17) is 0 Å². The summed E-state index contributed by atoms with van der Waals surface area (Å²) >= 11 is 0. The van der Waals surface area contributed by atoms with Crippen LogP contribution >= 0.6 is 12.4 Å². The lowest BCUT2D eigenvalue weighted by atomic mass is 9.95. The molecule has 3 N–H and O–H groups in total. The second-order valence-corrected chi connectivity index (χ2v) is 9.09. The molecule has 2 atom stereocenters. The number of carbonyl (C=O) groups is 3. The Morgan fingerprint density at radius 3 is 2.71 bits per heavy atom. The lowest BCUT2D eigenvalue weighted by Crippen LogP contribution is -2.46. The molecule has 3 heterocycles. The molecule has 1 fully saturated rings. The van der Waals surface area contributed by atoms with Crippen molar-refractivity contribution in [2.75, 3.05) is 25.0 Å². The molecule has 2 aliphatic rings. The summed E-state index contributed by atoms with van der Waals surface area (Å²) in [6.45, 7) is 1.93. The number of aryl methyl sites for hydroxylation is 2. The molecule has 188 valence electrons. The zero-order valence-corrected chi connectivity index (χ0v) is 20.6. The highest BCUT2D eigenvalue weighted by atomic mass is 35.5. The van der Waals surface area contributed by atoms with Crippen LogP contribution in [0, 0.1) is 5.92 Å². The van der Waals surface area contributed by atoms with Crippen LogP contribution in [0.4, 0.5) is 5.82 Å². The summed E-state index contributed by atoms with van der Waals surface area (Å²) in [6.07, 6.45) is 4.30. The molecule has 0 saturated carbocycles. The fourth-order valence-corrected chi connectivity index (χ4v) is 4.72. The summed E-state index contributed by atoms with van der Waals surface area (Å²) < 4.78 is 0. The Hall–Kier alpha value is -3.13. The minimum absolute atomic E-state index is 0. The Bertz CT molecular complexity index is 1030. The maximum absolute atomic E-state index is 13.0. The number of nitrogens with one attached hydrogen (secondary N) is 2. The summed E-state index contributed by atoms with van der Waals surface area (Å²) in [5, 5.41) is 15.5. The molecule has 2 amide bonds. The van der Waals surface area contributed by atoms with E-state index in [2.05, 4.69) is 21.7 Å². The van der Waals surface area contributed by atoms with Crippen LogP contribution in [0.1, 0.15) is 55.0 Å². The third-order valence-corrected chi connectivity index (χ3v) is 6.59. The van der Waals surface area contributed by atoms with Crippen molar-refractivity contribution in [1.82, 2.24) is 15.2 Å². The van der Waals surface area contributed by atoms with Crippen LogP contribution in [0.2, 0.25) is 0 Å². The first kappa shape index (κ1) is 26.5. The van der Waals surface area contributed by atoms with E-state index < -0.39 is 12.0 Å². The molecule has 1 aromatic heterocycles. The normalized spacial score (nSPS) is 17.8. The summed E-state index contributed by atoms with van der Waals surface area (Å²) in [5.41, 5.74) is 2.88. The first-order chi connectivity index (χ1) is 16.5. The molecule has 1 saturated heterocycles. The third-order valence-electron chi connectivity index (χ3n) is 6.59. The average molecular weight is 501 g/mol. The fourth-order valence-electron chi connectivity index (χ4n) is 4.72. The lowest BCUT2D eigenvalue weighted by Gasteiger charge is -2.33. The number of likely N-dealkylation sites (tertiary alicyclic amines) is 1. The van der Waals surface area contributed by atoms with Crippen molar-refractivity contribution < 1.29 is 19.5 Å². The molecule has 9 heteroatoms. The van der Waals surface area contributed by atoms with Gasteiger partial charge in [0.25, 0.3) is 0 Å². The van der Waals surface area contributed by atoms with Crippen molar-refractivity contribution in [2.45, 2.75) is 51.0 Å². The SMILES string of the molecule is Cl.O=C(O)CC(NC(=O)[C@@H]1CCCN(C(=O)CCc2ccc3c(n2)NCCC3)C1)c1ccccc1. The largest absolute Gasteiger partial charge is 0.481 e. The maximum Gasteiger partial charge on any atom is 0.305 e. The van der Waals surface area contributed by atoms with Gasteiger partial charge in [0.15, 0.2) is 0 Å². The number of fused-ring (bicyclic) bond motifs is 1. The Morgan fingerprint density at radius 1 is 1.14 bits per heavy atom. The number of nitrogens with zero attached hydrogens (tertiary/aromatic N) is 2. The summed E-state index contributed by atoms with van der Waals surface area (Å²) in [6, 6.07) is 12.6. The van der Waals surface area contributed by atoms with Crippen molar-refractivity contribution in [3.8, 4) is 0 Å². The van der Waals surface area contributed by atoms with E-state index in [0.717, 1.165) is 42.9 Å². The molecule has 1 unspecified atom stereocenters. The lowest BCUT2D eigenvalue weighted by molar-refractivity contribution is -0.138. The van der Waals surface area contributed by atoms with Gasteiger partial charge >= 0.3 is 5.97 Å². The molecule has 2 aliphatic heterocycles. The number of rotatable bonds is 8. The Morgan fingerprint density at radius 2 is 1.94 bits per heavy atom. The topological polar surface area (TPSA) is 112 Å². The number of amides is 2. The molecule has 8 nitrogen and oxygen atoms in total. The van der Waals surface area contributed by atoms with Gasteiger partial charge in [-0.2, -0.15) is 0 Å². The fraction of sp³-hybridized carbons (Fsp3) is 0.462. The Kier molecular flexibility index (Phi) is 9.48. The second kappa shape index (κ2) is 12.5. The standard InChI is InChI=1S/C26H32N4O4.ClH/c31-23(13-12-21-11-10-19-8-4-14-27-25(19)28-21)30-15-5-9-20(17-30)26(34)29-22(16-24(32)33)18-6-2-1-3-7-18;/h1-3,6-7,10-11,20,22H,4-5,8-9,12-17H2,(H,27,28)(H,29,34)(H,32,33);1H/t20-,22?;/m1./s1. The Balaban J connectivity index is 0.00000342. The van der Waals surface area contributed by atoms with E-state index in [0.29, 0.717) is 32.4 Å². The van der Waals surface area contributed by atoms with Crippen molar-refractivity contribution in [3.05, 3.63) is 59.3 Å². The molecule has 1 aromatic carbocycles. The Labute approximate surface area is 211 Å². The smallest absolute Gasteiger partial charge is 0.305 e. The number of aromatic nitrogens is 1. The number of carbonyl (C=O) groups excluding carboxylic acids is 2. The number of halogens is 1. The van der Waals surface area contributed by atoms with Crippen LogP contribution in [-0.4, -0.2) is 52.4 Å². The second-order valence-electron chi connectivity index (χ2n) is 9.09. The number of aliphatic carboxylic acids is 1. The predicted octanol–water partition coefficient (Wildman–Crippen LogP) is 3.36. The van der Waals surface area contributed by atoms with Crippen LogP contribution in [-0.2, 0) is 27.2 Å². The number of benzene rings is 1. The van der Waals surface area contributed by atoms with Crippen LogP contribution < -0.4 is 10.6 Å². The van der Waals surface area contributed by atoms with E-state index >= 15 is 0 Å². The van der Waals surface area contributed by atoms with Crippen molar-refractivity contribution in [3.63, 3.8) is 0 Å². The van der Waals surface area contributed by atoms with Gasteiger partial charge in [-0.05, 0) is 49.3 Å². The zero-order valence-electron chi connectivity index (χ0n) is 19.7. The molecular formula is C26H33ClN4O4. The van der Waals surface area contributed by atoms with Crippen molar-refractivity contribution in [1.29, 1.82) is 0 Å². The summed E-state index contributed by atoms with van der Waals surface area (Å²) in [4.78, 5) is 43.6. The molecule has 4 rings (SSSR count). The van der Waals surface area contributed by atoms with Crippen LogP contribution in [0.5, 0.6) is 0 Å². The quantitative estimate of drug-likeness (QED) is 0.512. The maximum atomic E-state index is 13.0. The van der Waals surface area contributed by atoms with Gasteiger partial charge in [-0.25, -0.2) is 4.98 Å². The van der Waals surface area contributed by atoms with E-state index in [9.17, 15) is 19.5 Å². The highest BCUT2D eigenvalue weighted by Crippen LogP contribution is 2.23. The molecule has 35 heavy (non-hydrogen) atoms. The van der Waals surface area contributed by atoms with Crippen LogP contribution in [0.15, 0.2) is 42.5 Å². The number of hydrogen-bond donors (Lipinski definition) is 3. The van der Waals surface area contributed by atoms with E-state index in [1.807, 2.05) is 36.4 Å². The van der Waals surface area contributed by atoms with E-state index in [1.165, 1.54) is 5.56 Å². The molecule has 0 radical (unpaired) electrons. The van der Waals surface area contributed by atoms with Gasteiger partial charge in [0.05, 0.1) is 18.4 Å². The van der Waals surface area contributed by atoms with Crippen molar-refractivity contribution in [2.24, 2.45) is 5.92 Å². The van der Waals surface area contributed by atoms with Gasteiger partial charge < -0.3 is 20.6 Å². The van der Waals surface area contributed by atoms with Crippen LogP contribution in [0.3, 0.4) is 0 Å². The number of hydrogen-bond acceptors (Lipinski definition) is 5. The summed E-state index contributed by atoms with van der Waals surface area (Å²) in [5.74, 6) is -0.560. The summed E-state index contributed by atoms with van der Waals surface area (Å²) in [7, 11) is 0. The van der Waals surface area contributed by atoms with E-state index in [-0.39, 0.29) is 36.6 Å². The molecular weight excluding hydrogens is 468 g/mol. The number of piperidine rings is 1. The number of carboxylic acids is 1. The minimum Gasteiger partial charge on any atom is -0.481 e. The average Bonchev–Trinajstić information content (AvgIpc) is 2.87. The number of pyridine rings is 1. The molecule has 0 bridgehead atoms. The van der Waals surface area contributed by atoms with Gasteiger partial charge in [0.1, 0.15) is 5.82 Å². The minimum atomic E-state index is -0.972. The first-order valence-corrected chi connectivity index (χ1v) is 12.1. The van der Waals surface area contributed by atoms with Crippen LogP contribution in [0.25, 0.3) is 0 Å². The van der Waals surface area contributed by atoms with Gasteiger partial charge in [0, 0.05) is 31.7 Å². The third kappa shape index (κ3) is 7.18. The zero-order chi connectivity index (χ0) is 23.9. The van der Waals surface area contributed by atoms with Gasteiger partial charge in [-0.3, -0.25) is 14.4 Å².